The van der Waals surface area contributed by atoms with Gasteiger partial charge in [0.2, 0.25) is 0 Å². The Bertz CT molecular complexity index is 356. The Kier molecular flexibility index (Phi) is 4.07. The maximum Gasteiger partial charge on any atom is 0.123 e. The highest BCUT2D eigenvalue weighted by Gasteiger charge is 2.22. The topological polar surface area (TPSA) is 46.5 Å². The average molecular weight is 222 g/mol. The van der Waals surface area contributed by atoms with E-state index < -0.39 is 5.60 Å². The van der Waals surface area contributed by atoms with Crippen molar-refractivity contribution in [2.75, 3.05) is 0 Å². The summed E-state index contributed by atoms with van der Waals surface area (Å²) >= 11 is 0. The molecule has 1 aromatic rings. The maximum atomic E-state index is 10.5. The summed E-state index contributed by atoms with van der Waals surface area (Å²) in [5.41, 5.74) is -0.435. The molecule has 3 heteroatoms. The van der Waals surface area contributed by atoms with Crippen LogP contribution < -0.4 is 4.74 Å². The fourth-order valence-electron chi connectivity index (χ4n) is 1.46. The number of rotatable bonds is 5. The molecule has 0 saturated heterocycles. The lowest BCUT2D eigenvalue weighted by molar-refractivity contribution is -0.112. The Morgan fingerprint density at radius 1 is 1.50 bits per heavy atom. The van der Waals surface area contributed by atoms with Crippen molar-refractivity contribution in [2.45, 2.75) is 38.9 Å². The van der Waals surface area contributed by atoms with Crippen LogP contribution >= 0.6 is 0 Å². The summed E-state index contributed by atoms with van der Waals surface area (Å²) in [7, 11) is 0. The molecular formula is C13H18O3. The summed E-state index contributed by atoms with van der Waals surface area (Å²) in [6.45, 7) is 5.50. The minimum Gasteiger partial charge on any atom is -0.491 e. The number of ether oxygens (including phenoxy) is 1. The van der Waals surface area contributed by atoms with Gasteiger partial charge in [-0.25, -0.2) is 0 Å². The summed E-state index contributed by atoms with van der Waals surface area (Å²) < 4.78 is 5.53. The van der Waals surface area contributed by atoms with Crippen LogP contribution in [-0.4, -0.2) is 17.5 Å². The van der Waals surface area contributed by atoms with Crippen LogP contribution in [0.3, 0.4) is 0 Å². The van der Waals surface area contributed by atoms with Crippen molar-refractivity contribution < 1.29 is 14.6 Å². The van der Waals surface area contributed by atoms with Crippen LogP contribution in [0.25, 0.3) is 0 Å². The second kappa shape index (κ2) is 5.12. The van der Waals surface area contributed by atoms with Crippen LogP contribution in [0.4, 0.5) is 0 Å². The van der Waals surface area contributed by atoms with Crippen LogP contribution in [0.15, 0.2) is 24.3 Å². The Balaban J connectivity index is 2.93. The average Bonchev–Trinajstić information content (AvgIpc) is 2.17. The van der Waals surface area contributed by atoms with Crippen LogP contribution in [0.1, 0.15) is 32.8 Å². The van der Waals surface area contributed by atoms with Crippen molar-refractivity contribution in [2.24, 2.45) is 0 Å². The predicted octanol–water partition coefficient (Wildman–Crippen LogP) is 2.27. The van der Waals surface area contributed by atoms with Crippen molar-refractivity contribution in [3.8, 4) is 5.75 Å². The van der Waals surface area contributed by atoms with E-state index in [1.165, 1.54) is 0 Å². The van der Waals surface area contributed by atoms with E-state index in [0.717, 1.165) is 6.29 Å². The fraction of sp³-hybridized carbons (Fsp3) is 0.462. The van der Waals surface area contributed by atoms with E-state index in [2.05, 4.69) is 0 Å². The smallest absolute Gasteiger partial charge is 0.123 e. The molecule has 0 aliphatic rings. The van der Waals surface area contributed by atoms with Gasteiger partial charge in [0.15, 0.2) is 0 Å². The van der Waals surface area contributed by atoms with Crippen LogP contribution in [0, 0.1) is 0 Å². The summed E-state index contributed by atoms with van der Waals surface area (Å²) in [5, 5.41) is 10.1. The first kappa shape index (κ1) is 12.7. The third-order valence-corrected chi connectivity index (χ3v) is 2.31. The first-order valence-corrected chi connectivity index (χ1v) is 5.39. The minimum absolute atomic E-state index is 0.0815. The van der Waals surface area contributed by atoms with Gasteiger partial charge >= 0.3 is 0 Å². The first-order chi connectivity index (χ1) is 7.45. The van der Waals surface area contributed by atoms with E-state index >= 15 is 0 Å². The predicted molar refractivity (Wildman–Crippen MR) is 62.5 cm³/mol. The largest absolute Gasteiger partial charge is 0.491 e. The maximum absolute atomic E-state index is 10.5. The fourth-order valence-corrected chi connectivity index (χ4v) is 1.46. The summed E-state index contributed by atoms with van der Waals surface area (Å²) in [6, 6.07) is 7.20. The second-order valence-corrected chi connectivity index (χ2v) is 4.34. The third-order valence-electron chi connectivity index (χ3n) is 2.31. The monoisotopic (exact) mass is 222 g/mol. The van der Waals surface area contributed by atoms with Crippen LogP contribution in [-0.2, 0) is 10.4 Å². The molecule has 0 aliphatic carbocycles. The molecule has 0 aromatic heterocycles. The molecule has 0 spiro atoms. The van der Waals surface area contributed by atoms with E-state index in [-0.39, 0.29) is 12.5 Å². The van der Waals surface area contributed by atoms with Gasteiger partial charge in [0, 0.05) is 6.42 Å². The van der Waals surface area contributed by atoms with Crippen molar-refractivity contribution in [3.63, 3.8) is 0 Å². The zero-order valence-electron chi connectivity index (χ0n) is 9.93. The summed E-state index contributed by atoms with van der Waals surface area (Å²) in [4.78, 5) is 10.5. The van der Waals surface area contributed by atoms with Crippen molar-refractivity contribution in [1.82, 2.24) is 0 Å². The molecule has 1 unspecified atom stereocenters. The van der Waals surface area contributed by atoms with Crippen LogP contribution in [0.2, 0.25) is 0 Å². The van der Waals surface area contributed by atoms with Gasteiger partial charge in [0.1, 0.15) is 12.0 Å². The van der Waals surface area contributed by atoms with Crippen LogP contribution in [0.5, 0.6) is 5.75 Å². The van der Waals surface area contributed by atoms with Gasteiger partial charge in [-0.1, -0.05) is 12.1 Å². The zero-order valence-corrected chi connectivity index (χ0v) is 9.93. The van der Waals surface area contributed by atoms with Gasteiger partial charge in [-0.2, -0.15) is 0 Å². The highest BCUT2D eigenvalue weighted by Crippen LogP contribution is 2.26. The SMILES string of the molecule is CC(C)Oc1cccc(C(C)(O)CC=O)c1. The van der Waals surface area contributed by atoms with E-state index in [1.807, 2.05) is 26.0 Å². The van der Waals surface area contributed by atoms with Gasteiger partial charge in [0.05, 0.1) is 11.7 Å². The van der Waals surface area contributed by atoms with E-state index in [4.69, 9.17) is 4.74 Å². The Labute approximate surface area is 96.1 Å². The molecule has 1 aromatic carbocycles. The number of benzene rings is 1. The standard InChI is InChI=1S/C13H18O3/c1-10(2)16-12-6-4-5-11(9-12)13(3,15)7-8-14/h4-6,8-10,15H,7H2,1-3H3. The molecule has 1 rings (SSSR count). The van der Waals surface area contributed by atoms with E-state index in [1.54, 1.807) is 19.1 Å². The second-order valence-electron chi connectivity index (χ2n) is 4.34. The Morgan fingerprint density at radius 3 is 2.75 bits per heavy atom. The third kappa shape index (κ3) is 3.35. The van der Waals surface area contributed by atoms with Gasteiger partial charge < -0.3 is 14.6 Å². The number of aliphatic hydroxyl groups is 1. The van der Waals surface area contributed by atoms with Gasteiger partial charge in [-0.15, -0.1) is 0 Å². The molecule has 0 amide bonds. The lowest BCUT2D eigenvalue weighted by Gasteiger charge is -2.22. The molecule has 0 heterocycles. The van der Waals surface area contributed by atoms with Crippen molar-refractivity contribution in [3.05, 3.63) is 29.8 Å². The van der Waals surface area contributed by atoms with Crippen molar-refractivity contribution in [1.29, 1.82) is 0 Å². The molecule has 16 heavy (non-hydrogen) atoms. The molecule has 1 N–H and O–H groups in total. The number of carbonyl (C=O) groups excluding carboxylic acids is 1. The molecule has 0 aliphatic heterocycles. The van der Waals surface area contributed by atoms with E-state index in [9.17, 15) is 9.90 Å². The lowest BCUT2D eigenvalue weighted by atomic mass is 9.93. The normalized spacial score (nSPS) is 14.6. The highest BCUT2D eigenvalue weighted by atomic mass is 16.5. The summed E-state index contributed by atoms with van der Waals surface area (Å²) in [6.07, 6.45) is 0.889. The number of hydrogen-bond donors (Lipinski definition) is 1. The summed E-state index contributed by atoms with van der Waals surface area (Å²) in [5.74, 6) is 0.707. The van der Waals surface area contributed by atoms with Gasteiger partial charge in [0.25, 0.3) is 0 Å². The Morgan fingerprint density at radius 2 is 2.19 bits per heavy atom. The molecular weight excluding hydrogens is 204 g/mol. The molecule has 0 bridgehead atoms. The molecule has 3 nitrogen and oxygen atoms in total. The lowest BCUT2D eigenvalue weighted by Crippen LogP contribution is -2.21. The zero-order chi connectivity index (χ0) is 12.2. The van der Waals surface area contributed by atoms with E-state index in [0.29, 0.717) is 11.3 Å². The molecule has 88 valence electrons. The van der Waals surface area contributed by atoms with Gasteiger partial charge in [-0.3, -0.25) is 0 Å². The minimum atomic E-state index is -1.13. The molecule has 0 radical (unpaired) electrons. The number of hydrogen-bond acceptors (Lipinski definition) is 3. The molecule has 1 atom stereocenters. The first-order valence-electron chi connectivity index (χ1n) is 5.39. The highest BCUT2D eigenvalue weighted by molar-refractivity contribution is 5.52. The number of aldehydes is 1. The number of carbonyl (C=O) groups is 1. The quantitative estimate of drug-likeness (QED) is 0.777. The molecule has 0 saturated carbocycles. The van der Waals surface area contributed by atoms with Crippen molar-refractivity contribution >= 4 is 6.29 Å². The van der Waals surface area contributed by atoms with Gasteiger partial charge in [-0.05, 0) is 38.5 Å². The molecule has 0 fully saturated rings. The Hall–Kier alpha value is -1.35.